The third kappa shape index (κ3) is 3.63. The Labute approximate surface area is 199 Å². The lowest BCUT2D eigenvalue weighted by Crippen LogP contribution is -2.55. The fourth-order valence-corrected chi connectivity index (χ4v) is 5.32. The lowest BCUT2D eigenvalue weighted by atomic mass is 9.75. The van der Waals surface area contributed by atoms with Crippen molar-refractivity contribution >= 4 is 40.4 Å². The minimum Gasteiger partial charge on any atom is -0.474 e. The second kappa shape index (κ2) is 8.36. The van der Waals surface area contributed by atoms with E-state index in [-0.39, 0.29) is 12.0 Å². The summed E-state index contributed by atoms with van der Waals surface area (Å²) < 4.78 is 6.09. The minimum atomic E-state index is -0.679. The van der Waals surface area contributed by atoms with Crippen molar-refractivity contribution in [2.75, 3.05) is 29.9 Å². The second-order valence-electron chi connectivity index (χ2n) is 9.06. The van der Waals surface area contributed by atoms with Gasteiger partial charge in [-0.15, -0.1) is 4.98 Å². The molecule has 1 spiro atoms. The van der Waals surface area contributed by atoms with Crippen LogP contribution in [-0.2, 0) is 4.79 Å². The summed E-state index contributed by atoms with van der Waals surface area (Å²) in [6.07, 6.45) is 7.90. The van der Waals surface area contributed by atoms with Gasteiger partial charge in [0.25, 0.3) is 11.7 Å². The van der Waals surface area contributed by atoms with E-state index in [9.17, 15) is 4.79 Å². The average Bonchev–Trinajstić information content (AvgIpc) is 3.02. The summed E-state index contributed by atoms with van der Waals surface area (Å²) in [7, 11) is 2.12. The molecule has 2 aromatic heterocycles. The Balaban J connectivity index is 1.40. The van der Waals surface area contributed by atoms with Gasteiger partial charge in [0.15, 0.2) is 5.11 Å². The lowest BCUT2D eigenvalue weighted by Gasteiger charge is -2.42. The summed E-state index contributed by atoms with van der Waals surface area (Å²) >= 11 is 5.81. The van der Waals surface area contributed by atoms with Crippen molar-refractivity contribution in [3.63, 3.8) is 0 Å². The molecule has 0 N–H and O–H groups in total. The molecule has 1 amide bonds. The van der Waals surface area contributed by atoms with Crippen LogP contribution in [0.1, 0.15) is 37.7 Å². The molecule has 4 heterocycles. The first-order valence-electron chi connectivity index (χ1n) is 11.3. The Morgan fingerprint density at radius 2 is 1.91 bits per heavy atom. The number of hydrogen-bond acceptors (Lipinski definition) is 6. The number of hydrogen-bond donors (Lipinski definition) is 0. The van der Waals surface area contributed by atoms with E-state index >= 15 is 0 Å². The fraction of sp³-hybridized carbons (Fsp3) is 0.458. The van der Waals surface area contributed by atoms with Crippen LogP contribution in [0, 0.1) is 13.5 Å². The van der Waals surface area contributed by atoms with Crippen molar-refractivity contribution in [1.29, 1.82) is 0 Å². The van der Waals surface area contributed by atoms with E-state index in [0.717, 1.165) is 56.4 Å². The number of likely N-dealkylation sites (tertiary alicyclic amines) is 1. The van der Waals surface area contributed by atoms with Crippen LogP contribution in [0.5, 0.6) is 5.88 Å². The molecule has 0 unspecified atom stereocenters. The van der Waals surface area contributed by atoms with Gasteiger partial charge >= 0.3 is 0 Å². The molecule has 3 aliphatic rings. The van der Waals surface area contributed by atoms with E-state index in [4.69, 9.17) is 23.5 Å². The first-order chi connectivity index (χ1) is 15.9. The normalized spacial score (nSPS) is 20.8. The Kier molecular flexibility index (Phi) is 5.51. The molecule has 0 radical (unpaired) electrons. The number of carbonyl (C=O) groups excluding carboxylic acids is 1. The molecule has 2 aromatic rings. The van der Waals surface area contributed by atoms with Crippen molar-refractivity contribution in [2.24, 2.45) is 0 Å². The Morgan fingerprint density at radius 3 is 2.48 bits per heavy atom. The molecule has 1 saturated carbocycles. The van der Waals surface area contributed by atoms with Gasteiger partial charge in [0, 0.05) is 19.2 Å². The summed E-state index contributed by atoms with van der Waals surface area (Å²) in [6, 6.07) is 5.61. The number of nitrogens with zero attached hydrogens (tertiary/aromatic N) is 6. The van der Waals surface area contributed by atoms with Crippen molar-refractivity contribution in [1.82, 2.24) is 14.9 Å². The number of pyridine rings is 2. The predicted molar refractivity (Wildman–Crippen MR) is 130 cm³/mol. The SMILES string of the molecule is [C-]#[N+]c1ncc(N2C(=O)C3(CCC3)N(c3ccc(OC4CCN(C)CC4)nc3)C2=S)cc1C. The number of piperidine rings is 1. The van der Waals surface area contributed by atoms with Crippen molar-refractivity contribution in [3.8, 4) is 5.88 Å². The Hall–Kier alpha value is -3.09. The third-order valence-electron chi connectivity index (χ3n) is 6.92. The Bertz CT molecular complexity index is 1130. The number of aryl methyl sites for hydroxylation is 1. The highest BCUT2D eigenvalue weighted by Crippen LogP contribution is 2.47. The van der Waals surface area contributed by atoms with Crippen LogP contribution in [0.3, 0.4) is 0 Å². The van der Waals surface area contributed by atoms with E-state index in [2.05, 4.69) is 26.8 Å². The van der Waals surface area contributed by atoms with Crippen LogP contribution in [0.25, 0.3) is 4.85 Å². The third-order valence-corrected chi connectivity index (χ3v) is 7.29. The van der Waals surface area contributed by atoms with Gasteiger partial charge in [0.2, 0.25) is 5.88 Å². The fourth-order valence-electron chi connectivity index (χ4n) is 4.85. The van der Waals surface area contributed by atoms with Crippen LogP contribution in [-0.4, -0.2) is 57.7 Å². The molecule has 3 fully saturated rings. The van der Waals surface area contributed by atoms with Crippen LogP contribution in [0.4, 0.5) is 17.2 Å². The molecular weight excluding hydrogens is 436 g/mol. The van der Waals surface area contributed by atoms with Crippen molar-refractivity contribution in [3.05, 3.63) is 47.6 Å². The summed E-state index contributed by atoms with van der Waals surface area (Å²) in [5.41, 5.74) is 1.42. The van der Waals surface area contributed by atoms with Gasteiger partial charge in [0.1, 0.15) is 17.8 Å². The highest BCUT2D eigenvalue weighted by Gasteiger charge is 2.59. The van der Waals surface area contributed by atoms with E-state index in [1.807, 2.05) is 24.0 Å². The summed E-state index contributed by atoms with van der Waals surface area (Å²) in [6.45, 7) is 11.1. The molecular formula is C24H26N6O2S. The highest BCUT2D eigenvalue weighted by atomic mass is 32.1. The topological polar surface area (TPSA) is 66.2 Å². The molecule has 33 heavy (non-hydrogen) atoms. The average molecular weight is 463 g/mol. The molecule has 2 aliphatic heterocycles. The van der Waals surface area contributed by atoms with Gasteiger partial charge in [-0.25, -0.2) is 4.98 Å². The van der Waals surface area contributed by atoms with Crippen molar-refractivity contribution < 1.29 is 9.53 Å². The van der Waals surface area contributed by atoms with Crippen LogP contribution >= 0.6 is 12.2 Å². The zero-order chi connectivity index (χ0) is 23.2. The standard InChI is InChI=1S/C24H26N6O2S/c1-16-13-18(15-27-21(16)25-2)29-22(31)24(9-4-10-24)30(23(29)33)17-5-6-20(26-14-17)32-19-7-11-28(3)12-8-19/h5-6,13-15,19H,4,7-12H2,1,3H3. The molecule has 5 rings (SSSR count). The summed E-state index contributed by atoms with van der Waals surface area (Å²) in [4.78, 5) is 31.6. The van der Waals surface area contributed by atoms with Gasteiger partial charge in [-0.3, -0.25) is 9.69 Å². The monoisotopic (exact) mass is 462 g/mol. The first-order valence-corrected chi connectivity index (χ1v) is 11.7. The number of rotatable bonds is 4. The first kappa shape index (κ1) is 21.7. The number of carbonyl (C=O) groups is 1. The highest BCUT2D eigenvalue weighted by molar-refractivity contribution is 7.81. The molecule has 0 aromatic carbocycles. The maximum atomic E-state index is 13.6. The lowest BCUT2D eigenvalue weighted by molar-refractivity contribution is -0.123. The zero-order valence-corrected chi connectivity index (χ0v) is 19.6. The van der Waals surface area contributed by atoms with Gasteiger partial charge < -0.3 is 19.4 Å². The molecule has 0 atom stereocenters. The maximum Gasteiger partial charge on any atom is 0.272 e. The van der Waals surface area contributed by atoms with Gasteiger partial charge in [-0.05, 0) is 76.0 Å². The van der Waals surface area contributed by atoms with E-state index in [0.29, 0.717) is 22.5 Å². The van der Waals surface area contributed by atoms with Crippen molar-refractivity contribution in [2.45, 2.75) is 50.7 Å². The maximum absolute atomic E-state index is 13.6. The van der Waals surface area contributed by atoms with Crippen LogP contribution in [0.2, 0.25) is 0 Å². The van der Waals surface area contributed by atoms with Gasteiger partial charge in [-0.1, -0.05) is 6.57 Å². The number of ether oxygens (including phenoxy) is 1. The number of anilines is 2. The molecule has 2 saturated heterocycles. The van der Waals surface area contributed by atoms with Gasteiger partial charge in [0.05, 0.1) is 17.6 Å². The van der Waals surface area contributed by atoms with E-state index < -0.39 is 5.54 Å². The minimum absolute atomic E-state index is 0.0397. The number of amides is 1. The smallest absolute Gasteiger partial charge is 0.272 e. The number of aromatic nitrogens is 2. The quantitative estimate of drug-likeness (QED) is 0.505. The van der Waals surface area contributed by atoms with Gasteiger partial charge in [-0.2, -0.15) is 0 Å². The number of thiocarbonyl (C=S) groups is 1. The predicted octanol–water partition coefficient (Wildman–Crippen LogP) is 3.87. The van der Waals surface area contributed by atoms with Crippen LogP contribution < -0.4 is 14.5 Å². The summed E-state index contributed by atoms with van der Waals surface area (Å²) in [5, 5.41) is 0.419. The summed E-state index contributed by atoms with van der Waals surface area (Å²) in [5.74, 6) is 0.886. The largest absolute Gasteiger partial charge is 0.474 e. The molecule has 170 valence electrons. The van der Waals surface area contributed by atoms with E-state index in [1.165, 1.54) is 0 Å². The molecule has 0 bridgehead atoms. The molecule has 1 aliphatic carbocycles. The second-order valence-corrected chi connectivity index (χ2v) is 9.43. The van der Waals surface area contributed by atoms with Crippen LogP contribution in [0.15, 0.2) is 30.6 Å². The zero-order valence-electron chi connectivity index (χ0n) is 18.8. The Morgan fingerprint density at radius 1 is 1.18 bits per heavy atom. The molecule has 8 nitrogen and oxygen atoms in total. The molecule has 9 heteroatoms. The van der Waals surface area contributed by atoms with E-state index in [1.54, 1.807) is 23.4 Å².